The minimum atomic E-state index is -0.575. The smallest absolute Gasteiger partial charge is 0.344 e. The minimum Gasteiger partial charge on any atom is -0.482 e. The van der Waals surface area contributed by atoms with E-state index in [-0.39, 0.29) is 19.1 Å². The van der Waals surface area contributed by atoms with Crippen LogP contribution < -0.4 is 4.74 Å². The Bertz CT molecular complexity index is 882. The molecule has 1 amide bonds. The van der Waals surface area contributed by atoms with Gasteiger partial charge in [-0.05, 0) is 51.3 Å². The van der Waals surface area contributed by atoms with E-state index in [9.17, 15) is 9.59 Å². The Morgan fingerprint density at radius 1 is 1.21 bits per heavy atom. The molecule has 6 nitrogen and oxygen atoms in total. The molecule has 1 aromatic heterocycles. The monoisotopic (exact) mass is 385 g/mol. The maximum absolute atomic E-state index is 12.1. The van der Waals surface area contributed by atoms with Crippen molar-refractivity contribution in [3.63, 3.8) is 0 Å². The topological polar surface area (TPSA) is 69.0 Å². The molecule has 0 saturated carbocycles. The number of carbonyl (C=O) groups is 2. The highest BCUT2D eigenvalue weighted by Crippen LogP contribution is 2.33. The molecule has 1 aliphatic carbocycles. The lowest BCUT2D eigenvalue weighted by Gasteiger charge is -2.20. The van der Waals surface area contributed by atoms with E-state index in [1.54, 1.807) is 11.0 Å². The molecule has 0 radical (unpaired) electrons. The number of benzene rings is 1. The summed E-state index contributed by atoms with van der Waals surface area (Å²) in [7, 11) is 0. The number of aryl methyl sites for hydroxylation is 2. The number of nitrogens with zero attached hydrogens (tertiary/aromatic N) is 1. The molecule has 1 aliphatic rings. The lowest BCUT2D eigenvalue weighted by Crippen LogP contribution is -2.36. The van der Waals surface area contributed by atoms with Crippen LogP contribution in [-0.2, 0) is 27.2 Å². The molecule has 0 unspecified atom stereocenters. The van der Waals surface area contributed by atoms with Gasteiger partial charge in [-0.15, -0.1) is 0 Å². The van der Waals surface area contributed by atoms with E-state index in [4.69, 9.17) is 13.9 Å². The molecular weight excluding hydrogens is 358 g/mol. The maximum atomic E-state index is 12.1. The van der Waals surface area contributed by atoms with Crippen molar-refractivity contribution < 1.29 is 23.5 Å². The number of likely N-dealkylation sites (N-methyl/N-ethyl adjacent to an activating group) is 1. The van der Waals surface area contributed by atoms with Crippen LogP contribution in [0.2, 0.25) is 0 Å². The predicted octanol–water partition coefficient (Wildman–Crippen LogP) is 3.66. The second kappa shape index (κ2) is 8.95. The molecule has 2 aromatic rings. The van der Waals surface area contributed by atoms with Gasteiger partial charge in [-0.2, -0.15) is 0 Å². The first kappa shape index (κ1) is 20.0. The maximum Gasteiger partial charge on any atom is 0.344 e. The van der Waals surface area contributed by atoms with Crippen molar-refractivity contribution >= 4 is 22.8 Å². The van der Waals surface area contributed by atoms with Crippen LogP contribution >= 0.6 is 0 Å². The molecule has 0 N–H and O–H groups in total. The molecular formula is C22H27NO5. The van der Waals surface area contributed by atoms with Gasteiger partial charge in [0.25, 0.3) is 5.91 Å². The summed E-state index contributed by atoms with van der Waals surface area (Å²) in [5.41, 5.74) is 2.98. The quantitative estimate of drug-likeness (QED) is 0.512. The van der Waals surface area contributed by atoms with Gasteiger partial charge >= 0.3 is 5.97 Å². The predicted molar refractivity (Wildman–Crippen MR) is 106 cm³/mol. The number of carbonyl (C=O) groups excluding carboxylic acids is 2. The fraction of sp³-hybridized carbons (Fsp3) is 0.455. The first-order valence-corrected chi connectivity index (χ1v) is 9.72. The first-order chi connectivity index (χ1) is 13.5. The third-order valence-corrected chi connectivity index (χ3v) is 4.84. The van der Waals surface area contributed by atoms with E-state index in [2.05, 4.69) is 6.58 Å². The van der Waals surface area contributed by atoms with Crippen molar-refractivity contribution in [1.82, 2.24) is 4.90 Å². The molecule has 0 fully saturated rings. The van der Waals surface area contributed by atoms with Crippen molar-refractivity contribution in [3.05, 3.63) is 41.7 Å². The Morgan fingerprint density at radius 2 is 2.00 bits per heavy atom. The molecule has 0 atom stereocenters. The van der Waals surface area contributed by atoms with Crippen molar-refractivity contribution in [2.24, 2.45) is 0 Å². The van der Waals surface area contributed by atoms with E-state index >= 15 is 0 Å². The Labute approximate surface area is 165 Å². The van der Waals surface area contributed by atoms with Gasteiger partial charge in [-0.3, -0.25) is 4.79 Å². The number of fused-ring (bicyclic) bond motifs is 3. The number of ether oxygens (including phenoxy) is 2. The van der Waals surface area contributed by atoms with Gasteiger partial charge in [0.1, 0.15) is 17.1 Å². The number of amides is 1. The lowest BCUT2D eigenvalue weighted by atomic mass is 9.96. The largest absolute Gasteiger partial charge is 0.482 e. The number of hydrogen-bond donors (Lipinski definition) is 0. The van der Waals surface area contributed by atoms with E-state index in [0.29, 0.717) is 18.8 Å². The minimum absolute atomic E-state index is 0.245. The highest BCUT2D eigenvalue weighted by Gasteiger charge is 2.18. The zero-order valence-corrected chi connectivity index (χ0v) is 16.6. The zero-order chi connectivity index (χ0) is 20.1. The fourth-order valence-electron chi connectivity index (χ4n) is 3.45. The summed E-state index contributed by atoms with van der Waals surface area (Å²) in [6, 6.07) is 5.56. The summed E-state index contributed by atoms with van der Waals surface area (Å²) >= 11 is 0. The van der Waals surface area contributed by atoms with Crippen molar-refractivity contribution in [2.75, 3.05) is 26.3 Å². The van der Waals surface area contributed by atoms with Gasteiger partial charge in [0.2, 0.25) is 0 Å². The lowest BCUT2D eigenvalue weighted by molar-refractivity contribution is -0.153. The van der Waals surface area contributed by atoms with E-state index < -0.39 is 5.97 Å². The Balaban J connectivity index is 1.53. The van der Waals surface area contributed by atoms with Crippen molar-refractivity contribution in [3.8, 4) is 5.75 Å². The van der Waals surface area contributed by atoms with Gasteiger partial charge in [0, 0.05) is 30.5 Å². The number of esters is 1. The number of furan rings is 1. The first-order valence-electron chi connectivity index (χ1n) is 9.72. The summed E-state index contributed by atoms with van der Waals surface area (Å²) in [6.45, 7) is 7.98. The van der Waals surface area contributed by atoms with Gasteiger partial charge in [-0.1, -0.05) is 12.2 Å². The summed E-state index contributed by atoms with van der Waals surface area (Å²) in [5.74, 6) is 0.827. The molecule has 0 bridgehead atoms. The van der Waals surface area contributed by atoms with Crippen LogP contribution in [0.4, 0.5) is 0 Å². The molecule has 150 valence electrons. The zero-order valence-electron chi connectivity index (χ0n) is 16.6. The highest BCUT2D eigenvalue weighted by atomic mass is 16.6. The van der Waals surface area contributed by atoms with Gasteiger partial charge < -0.3 is 18.8 Å². The van der Waals surface area contributed by atoms with Gasteiger partial charge in [0.15, 0.2) is 13.2 Å². The molecule has 1 aromatic carbocycles. The van der Waals surface area contributed by atoms with Crippen LogP contribution in [-0.4, -0.2) is 43.1 Å². The SMILES string of the molecule is C=C(C)CN(CC)C(=O)COC(=O)COc1ccc2oc3c(c2c1)CCCC3. The van der Waals surface area contributed by atoms with Crippen LogP contribution in [0.3, 0.4) is 0 Å². The second-order valence-corrected chi connectivity index (χ2v) is 7.18. The molecule has 0 saturated heterocycles. The molecule has 6 heteroatoms. The van der Waals surface area contributed by atoms with E-state index in [0.717, 1.165) is 48.0 Å². The standard InChI is InChI=1S/C22H27NO5/c1-4-23(12-15(2)3)21(24)13-27-22(25)14-26-16-9-10-20-18(11-16)17-7-5-6-8-19(17)28-20/h9-11H,2,4-8,12-14H2,1,3H3. The van der Waals surface area contributed by atoms with Gasteiger partial charge in [-0.25, -0.2) is 4.79 Å². The van der Waals surface area contributed by atoms with Crippen LogP contribution in [0.15, 0.2) is 34.8 Å². The van der Waals surface area contributed by atoms with Crippen LogP contribution in [0.5, 0.6) is 5.75 Å². The Morgan fingerprint density at radius 3 is 2.75 bits per heavy atom. The summed E-state index contributed by atoms with van der Waals surface area (Å²) in [5, 5.41) is 1.05. The third kappa shape index (κ3) is 4.74. The van der Waals surface area contributed by atoms with Crippen LogP contribution in [0.25, 0.3) is 11.0 Å². The average molecular weight is 385 g/mol. The Kier molecular flexibility index (Phi) is 6.39. The number of hydrogen-bond acceptors (Lipinski definition) is 5. The molecule has 1 heterocycles. The molecule has 0 spiro atoms. The summed E-state index contributed by atoms with van der Waals surface area (Å²) in [6.07, 6.45) is 4.30. The Hall–Kier alpha value is -2.76. The van der Waals surface area contributed by atoms with Crippen LogP contribution in [0.1, 0.15) is 38.0 Å². The molecule has 0 aliphatic heterocycles. The van der Waals surface area contributed by atoms with E-state index in [1.807, 2.05) is 26.0 Å². The molecule has 28 heavy (non-hydrogen) atoms. The number of rotatable bonds is 8. The second-order valence-electron chi connectivity index (χ2n) is 7.18. The van der Waals surface area contributed by atoms with Gasteiger partial charge in [0.05, 0.1) is 0 Å². The normalized spacial score (nSPS) is 13.1. The van der Waals surface area contributed by atoms with Crippen LogP contribution in [0, 0.1) is 0 Å². The van der Waals surface area contributed by atoms with Crippen molar-refractivity contribution in [1.29, 1.82) is 0 Å². The third-order valence-electron chi connectivity index (χ3n) is 4.84. The summed E-state index contributed by atoms with van der Waals surface area (Å²) in [4.78, 5) is 25.6. The fourth-order valence-corrected chi connectivity index (χ4v) is 3.45. The summed E-state index contributed by atoms with van der Waals surface area (Å²) < 4.78 is 16.5. The van der Waals surface area contributed by atoms with Crippen molar-refractivity contribution in [2.45, 2.75) is 39.5 Å². The van der Waals surface area contributed by atoms with E-state index in [1.165, 1.54) is 5.56 Å². The molecule has 3 rings (SSSR count). The highest BCUT2D eigenvalue weighted by molar-refractivity contribution is 5.84. The average Bonchev–Trinajstić information content (AvgIpc) is 3.06.